The number of halogens is 5. The molecular formula is C18H20F5N5. The van der Waals surface area contributed by atoms with Gasteiger partial charge >= 0.3 is 5.92 Å². The average Bonchev–Trinajstić information content (AvgIpc) is 3.03. The number of benzene rings is 1. The molecule has 2 aromatic rings. The van der Waals surface area contributed by atoms with Gasteiger partial charge in [-0.3, -0.25) is 0 Å². The van der Waals surface area contributed by atoms with Crippen molar-refractivity contribution < 1.29 is 22.0 Å². The lowest BCUT2D eigenvalue weighted by molar-refractivity contribution is 0.00240. The van der Waals surface area contributed by atoms with E-state index in [2.05, 4.69) is 16.8 Å². The molecule has 0 radical (unpaired) electrons. The molecule has 10 heteroatoms. The largest absolute Gasteiger partial charge is 0.366 e. The Hall–Kier alpha value is -2.49. The second-order valence-corrected chi connectivity index (χ2v) is 6.99. The summed E-state index contributed by atoms with van der Waals surface area (Å²) in [5, 5.41) is 7.40. The first-order chi connectivity index (χ1) is 13.1. The van der Waals surface area contributed by atoms with Crippen LogP contribution in [-0.2, 0) is 25.4 Å². The zero-order valence-electron chi connectivity index (χ0n) is 15.2. The third-order valence-corrected chi connectivity index (χ3v) is 4.66. The summed E-state index contributed by atoms with van der Waals surface area (Å²) in [6.45, 7) is 5.66. The maximum absolute atomic E-state index is 13.8. The van der Waals surface area contributed by atoms with Crippen LogP contribution in [0.1, 0.15) is 30.6 Å². The number of nitrogens with two attached hydrogens (primary N) is 1. The van der Waals surface area contributed by atoms with Crippen LogP contribution in [0.4, 0.5) is 22.0 Å². The first-order valence-corrected chi connectivity index (χ1v) is 8.68. The Morgan fingerprint density at radius 2 is 1.86 bits per heavy atom. The number of rotatable bonds is 6. The summed E-state index contributed by atoms with van der Waals surface area (Å²) in [4.78, 5) is 1.84. The summed E-state index contributed by atoms with van der Waals surface area (Å²) in [6.07, 6.45) is 0.266. The van der Waals surface area contributed by atoms with Gasteiger partial charge in [0.05, 0.1) is 6.54 Å². The van der Waals surface area contributed by atoms with Crippen molar-refractivity contribution in [2.75, 3.05) is 6.54 Å². The van der Waals surface area contributed by atoms with E-state index < -0.39 is 29.4 Å². The minimum Gasteiger partial charge on any atom is -0.366 e. The molecule has 0 bridgehead atoms. The molecular weight excluding hydrogens is 381 g/mol. The molecule has 0 spiro atoms. The predicted octanol–water partition coefficient (Wildman–Crippen LogP) is 3.10. The Bertz CT molecular complexity index is 889. The first kappa shape index (κ1) is 20.2. The van der Waals surface area contributed by atoms with Gasteiger partial charge in [0, 0.05) is 44.2 Å². The van der Waals surface area contributed by atoms with Crippen LogP contribution in [0.2, 0.25) is 0 Å². The normalized spacial score (nSPS) is 15.5. The van der Waals surface area contributed by atoms with Crippen LogP contribution in [-0.4, -0.2) is 32.3 Å². The molecule has 152 valence electrons. The van der Waals surface area contributed by atoms with Gasteiger partial charge in [0.1, 0.15) is 5.82 Å². The molecule has 0 amide bonds. The van der Waals surface area contributed by atoms with Crippen LogP contribution in [0.5, 0.6) is 0 Å². The summed E-state index contributed by atoms with van der Waals surface area (Å²) < 4.78 is 68.6. The zero-order valence-corrected chi connectivity index (χ0v) is 15.2. The summed E-state index contributed by atoms with van der Waals surface area (Å²) in [5.74, 6) is -6.32. The predicted molar refractivity (Wildman–Crippen MR) is 91.8 cm³/mol. The van der Waals surface area contributed by atoms with Gasteiger partial charge in [-0.15, -0.1) is 10.2 Å². The number of fused-ring (bicyclic) bond motifs is 1. The van der Waals surface area contributed by atoms with Crippen molar-refractivity contribution in [3.05, 3.63) is 59.1 Å². The molecule has 0 fully saturated rings. The molecule has 2 heterocycles. The Morgan fingerprint density at radius 3 is 2.54 bits per heavy atom. The lowest BCUT2D eigenvalue weighted by Gasteiger charge is -2.32. The van der Waals surface area contributed by atoms with Crippen LogP contribution in [0.25, 0.3) is 0 Å². The molecule has 3 rings (SSSR count). The van der Waals surface area contributed by atoms with Crippen LogP contribution < -0.4 is 5.73 Å². The van der Waals surface area contributed by atoms with Crippen LogP contribution in [0, 0.1) is 17.5 Å². The van der Waals surface area contributed by atoms with Crippen molar-refractivity contribution >= 4 is 0 Å². The number of aromatic nitrogens is 3. The molecule has 1 aromatic carbocycles. The fourth-order valence-corrected chi connectivity index (χ4v) is 3.26. The quantitative estimate of drug-likeness (QED) is 0.597. The molecule has 1 aliphatic heterocycles. The van der Waals surface area contributed by atoms with Gasteiger partial charge in [-0.2, -0.15) is 8.78 Å². The molecule has 2 N–H and O–H groups in total. The lowest BCUT2D eigenvalue weighted by Crippen LogP contribution is -2.36. The highest BCUT2D eigenvalue weighted by molar-refractivity contribution is 5.21. The monoisotopic (exact) mass is 401 g/mol. The first-order valence-electron chi connectivity index (χ1n) is 8.68. The van der Waals surface area contributed by atoms with Gasteiger partial charge in [0.25, 0.3) is 0 Å². The van der Waals surface area contributed by atoms with Gasteiger partial charge in [0.15, 0.2) is 17.5 Å². The summed E-state index contributed by atoms with van der Waals surface area (Å²) in [6, 6.07) is 0.704. The van der Waals surface area contributed by atoms with E-state index in [4.69, 9.17) is 5.73 Å². The van der Waals surface area contributed by atoms with Crippen LogP contribution >= 0.6 is 0 Å². The van der Waals surface area contributed by atoms with E-state index in [1.165, 1.54) is 4.57 Å². The average molecular weight is 401 g/mol. The van der Waals surface area contributed by atoms with E-state index >= 15 is 0 Å². The lowest BCUT2D eigenvalue weighted by atomic mass is 10.0. The van der Waals surface area contributed by atoms with Gasteiger partial charge in [-0.25, -0.2) is 13.2 Å². The zero-order chi connectivity index (χ0) is 20.6. The molecule has 0 saturated carbocycles. The van der Waals surface area contributed by atoms with Crippen LogP contribution in [0.3, 0.4) is 0 Å². The third kappa shape index (κ3) is 4.16. The SMILES string of the molecule is C=C(CC(N)Cc1cc(F)c(F)cc1F)N1CCn2c(nnc2C(C)(F)F)C1. The van der Waals surface area contributed by atoms with Gasteiger partial charge in [-0.1, -0.05) is 6.58 Å². The van der Waals surface area contributed by atoms with Crippen molar-refractivity contribution in [2.24, 2.45) is 5.73 Å². The Morgan fingerprint density at radius 1 is 1.18 bits per heavy atom. The van der Waals surface area contributed by atoms with E-state index in [0.29, 0.717) is 24.1 Å². The van der Waals surface area contributed by atoms with Crippen molar-refractivity contribution in [3.63, 3.8) is 0 Å². The Kier molecular flexibility index (Phi) is 5.42. The van der Waals surface area contributed by atoms with Crippen molar-refractivity contribution in [3.8, 4) is 0 Å². The van der Waals surface area contributed by atoms with Crippen LogP contribution in [0.15, 0.2) is 24.4 Å². The molecule has 0 saturated heterocycles. The minimum atomic E-state index is -3.08. The van der Waals surface area contributed by atoms with Crippen molar-refractivity contribution in [2.45, 2.75) is 44.8 Å². The molecule has 1 atom stereocenters. The van der Waals surface area contributed by atoms with E-state index in [1.54, 1.807) is 0 Å². The summed E-state index contributed by atoms with van der Waals surface area (Å²) >= 11 is 0. The van der Waals surface area contributed by atoms with E-state index in [-0.39, 0.29) is 37.3 Å². The number of nitrogens with zero attached hydrogens (tertiary/aromatic N) is 4. The van der Waals surface area contributed by atoms with E-state index in [0.717, 1.165) is 13.0 Å². The summed E-state index contributed by atoms with van der Waals surface area (Å²) in [7, 11) is 0. The number of hydrogen-bond donors (Lipinski definition) is 1. The van der Waals surface area contributed by atoms with Gasteiger partial charge in [0.2, 0.25) is 5.82 Å². The van der Waals surface area contributed by atoms with Crippen molar-refractivity contribution in [1.29, 1.82) is 0 Å². The molecule has 1 aromatic heterocycles. The maximum Gasteiger partial charge on any atom is 0.304 e. The fraction of sp³-hybridized carbons (Fsp3) is 0.444. The fourth-order valence-electron chi connectivity index (χ4n) is 3.26. The van der Waals surface area contributed by atoms with Gasteiger partial charge < -0.3 is 15.2 Å². The van der Waals surface area contributed by atoms with Gasteiger partial charge in [-0.05, 0) is 18.1 Å². The minimum absolute atomic E-state index is 0.00171. The highest BCUT2D eigenvalue weighted by atomic mass is 19.3. The Labute approximate surface area is 158 Å². The molecule has 28 heavy (non-hydrogen) atoms. The third-order valence-electron chi connectivity index (χ3n) is 4.66. The Balaban J connectivity index is 1.63. The molecule has 0 aliphatic carbocycles. The van der Waals surface area contributed by atoms with E-state index in [1.807, 2.05) is 4.90 Å². The van der Waals surface area contributed by atoms with Crippen molar-refractivity contribution in [1.82, 2.24) is 19.7 Å². The second kappa shape index (κ2) is 7.50. The second-order valence-electron chi connectivity index (χ2n) is 6.99. The standard InChI is InChI=1S/C18H20F5N5/c1-10(5-12(24)6-11-7-14(20)15(21)8-13(11)19)27-3-4-28-16(9-27)25-26-17(28)18(2,22)23/h7-8,12H,1,3-6,9,24H2,2H3. The topological polar surface area (TPSA) is 60.0 Å². The molecule has 5 nitrogen and oxygen atoms in total. The van der Waals surface area contributed by atoms with E-state index in [9.17, 15) is 22.0 Å². The highest BCUT2D eigenvalue weighted by Gasteiger charge is 2.34. The smallest absolute Gasteiger partial charge is 0.304 e. The number of hydrogen-bond acceptors (Lipinski definition) is 4. The molecule has 1 aliphatic rings. The maximum atomic E-state index is 13.8. The molecule has 1 unspecified atom stereocenters. The highest BCUT2D eigenvalue weighted by Crippen LogP contribution is 2.28. The summed E-state index contributed by atoms with van der Waals surface area (Å²) in [5.41, 5.74) is 6.62. The number of alkyl halides is 2.